The van der Waals surface area contributed by atoms with Gasteiger partial charge in [0.05, 0.1) is 0 Å². The van der Waals surface area contributed by atoms with Crippen molar-refractivity contribution in [3.63, 3.8) is 0 Å². The fourth-order valence-electron chi connectivity index (χ4n) is 1.81. The zero-order chi connectivity index (χ0) is 10.7. The monoisotopic (exact) mass is 225 g/mol. The number of rotatable bonds is 2. The highest BCUT2D eigenvalue weighted by atomic mass is 32.1. The summed E-state index contributed by atoms with van der Waals surface area (Å²) >= 11 is 1.62. The lowest BCUT2D eigenvalue weighted by Gasteiger charge is -2.31. The van der Waals surface area contributed by atoms with Crippen LogP contribution >= 0.6 is 11.3 Å². The van der Waals surface area contributed by atoms with Gasteiger partial charge in [0.25, 0.3) is 0 Å². The Morgan fingerprint density at radius 3 is 2.87 bits per heavy atom. The second-order valence-corrected chi connectivity index (χ2v) is 4.66. The van der Waals surface area contributed by atoms with E-state index in [1.807, 2.05) is 10.3 Å². The van der Waals surface area contributed by atoms with Crippen LogP contribution in [0.5, 0.6) is 0 Å². The van der Waals surface area contributed by atoms with Crippen molar-refractivity contribution in [2.75, 3.05) is 18.4 Å². The van der Waals surface area contributed by atoms with E-state index in [0.29, 0.717) is 6.04 Å². The van der Waals surface area contributed by atoms with Crippen molar-refractivity contribution in [2.45, 2.75) is 25.8 Å². The number of hydrogen-bond acceptors (Lipinski definition) is 4. The Hall–Kier alpha value is -1.10. The van der Waals surface area contributed by atoms with Gasteiger partial charge in [-0.2, -0.15) is 0 Å². The maximum Gasteiger partial charge on any atom is 0.219 e. The Morgan fingerprint density at radius 2 is 2.33 bits per heavy atom. The zero-order valence-electron chi connectivity index (χ0n) is 8.77. The maximum atomic E-state index is 11.1. The molecule has 0 aromatic carbocycles. The summed E-state index contributed by atoms with van der Waals surface area (Å²) in [5.41, 5.74) is 0. The van der Waals surface area contributed by atoms with Gasteiger partial charge in [-0.25, -0.2) is 4.98 Å². The molecule has 15 heavy (non-hydrogen) atoms. The second kappa shape index (κ2) is 4.61. The van der Waals surface area contributed by atoms with Crippen molar-refractivity contribution >= 4 is 22.4 Å². The van der Waals surface area contributed by atoms with E-state index in [0.717, 1.165) is 31.1 Å². The average molecular weight is 225 g/mol. The smallest absolute Gasteiger partial charge is 0.219 e. The molecule has 0 bridgehead atoms. The highest BCUT2D eigenvalue weighted by Gasteiger charge is 2.20. The normalized spacial score (nSPS) is 17.8. The van der Waals surface area contributed by atoms with Gasteiger partial charge in [-0.05, 0) is 12.8 Å². The number of nitrogens with one attached hydrogen (secondary N) is 1. The first-order chi connectivity index (χ1) is 7.25. The third-order valence-corrected chi connectivity index (χ3v) is 3.40. The summed E-state index contributed by atoms with van der Waals surface area (Å²) < 4.78 is 0. The van der Waals surface area contributed by atoms with Crippen LogP contribution < -0.4 is 5.32 Å². The summed E-state index contributed by atoms with van der Waals surface area (Å²) in [6, 6.07) is 0.465. The molecule has 1 aromatic rings. The van der Waals surface area contributed by atoms with E-state index in [1.165, 1.54) is 0 Å². The van der Waals surface area contributed by atoms with Gasteiger partial charge in [-0.1, -0.05) is 0 Å². The maximum absolute atomic E-state index is 11.1. The zero-order valence-corrected chi connectivity index (χ0v) is 9.59. The van der Waals surface area contributed by atoms with Gasteiger partial charge in [-0.15, -0.1) is 11.3 Å². The highest BCUT2D eigenvalue weighted by Crippen LogP contribution is 2.18. The van der Waals surface area contributed by atoms with Crippen LogP contribution in [0.1, 0.15) is 19.8 Å². The molecule has 0 unspecified atom stereocenters. The molecule has 0 spiro atoms. The Labute approximate surface area is 93.3 Å². The molecule has 0 radical (unpaired) electrons. The molecular formula is C10H15N3OS. The molecule has 82 valence electrons. The number of thiazole rings is 1. The number of amides is 1. The minimum atomic E-state index is 0.183. The van der Waals surface area contributed by atoms with Gasteiger partial charge >= 0.3 is 0 Å². The van der Waals surface area contributed by atoms with Crippen LogP contribution in [0.15, 0.2) is 11.6 Å². The van der Waals surface area contributed by atoms with Crippen molar-refractivity contribution in [3.05, 3.63) is 11.6 Å². The van der Waals surface area contributed by atoms with Gasteiger partial charge in [0.1, 0.15) is 0 Å². The predicted octanol–water partition coefficient (Wildman–Crippen LogP) is 1.57. The molecule has 2 rings (SSSR count). The van der Waals surface area contributed by atoms with Crippen molar-refractivity contribution in [1.29, 1.82) is 0 Å². The first-order valence-corrected chi connectivity index (χ1v) is 6.05. The lowest BCUT2D eigenvalue weighted by Crippen LogP contribution is -2.41. The first-order valence-electron chi connectivity index (χ1n) is 5.17. The molecule has 5 heteroatoms. The Bertz CT molecular complexity index is 317. The van der Waals surface area contributed by atoms with Gasteiger partial charge in [0, 0.05) is 37.6 Å². The summed E-state index contributed by atoms with van der Waals surface area (Å²) in [6.07, 6.45) is 3.83. The third-order valence-electron chi connectivity index (χ3n) is 2.70. The van der Waals surface area contributed by atoms with Crippen LogP contribution in [0.4, 0.5) is 5.13 Å². The molecule has 1 aliphatic rings. The molecule has 1 aromatic heterocycles. The number of carbonyl (C=O) groups is 1. The molecule has 0 atom stereocenters. The number of likely N-dealkylation sites (tertiary alicyclic amines) is 1. The molecule has 0 aliphatic carbocycles. The number of hydrogen-bond donors (Lipinski definition) is 1. The number of nitrogens with zero attached hydrogens (tertiary/aromatic N) is 2. The molecule has 1 amide bonds. The van der Waals surface area contributed by atoms with Crippen molar-refractivity contribution in [2.24, 2.45) is 0 Å². The van der Waals surface area contributed by atoms with Crippen LogP contribution in [0.25, 0.3) is 0 Å². The number of piperidine rings is 1. The molecule has 1 fully saturated rings. The van der Waals surface area contributed by atoms with E-state index in [-0.39, 0.29) is 5.91 Å². The molecule has 1 saturated heterocycles. The topological polar surface area (TPSA) is 45.2 Å². The van der Waals surface area contributed by atoms with E-state index in [1.54, 1.807) is 24.5 Å². The van der Waals surface area contributed by atoms with Gasteiger partial charge in [0.2, 0.25) is 5.91 Å². The van der Waals surface area contributed by atoms with Crippen LogP contribution in [0, 0.1) is 0 Å². The van der Waals surface area contributed by atoms with Gasteiger partial charge < -0.3 is 10.2 Å². The Kier molecular flexibility index (Phi) is 3.20. The minimum absolute atomic E-state index is 0.183. The number of aromatic nitrogens is 1. The fraction of sp³-hybridized carbons (Fsp3) is 0.600. The van der Waals surface area contributed by atoms with Crippen LogP contribution in [0.2, 0.25) is 0 Å². The van der Waals surface area contributed by atoms with E-state index in [4.69, 9.17) is 0 Å². The lowest BCUT2D eigenvalue weighted by atomic mass is 10.1. The molecule has 4 nitrogen and oxygen atoms in total. The summed E-state index contributed by atoms with van der Waals surface area (Å²) in [7, 11) is 0. The predicted molar refractivity (Wildman–Crippen MR) is 61.0 cm³/mol. The summed E-state index contributed by atoms with van der Waals surface area (Å²) in [6.45, 7) is 3.35. The average Bonchev–Trinajstić information content (AvgIpc) is 2.71. The largest absolute Gasteiger partial charge is 0.359 e. The molecular weight excluding hydrogens is 210 g/mol. The van der Waals surface area contributed by atoms with E-state index < -0.39 is 0 Å². The summed E-state index contributed by atoms with van der Waals surface area (Å²) in [5, 5.41) is 6.34. The summed E-state index contributed by atoms with van der Waals surface area (Å²) in [4.78, 5) is 17.2. The van der Waals surface area contributed by atoms with Crippen LogP contribution in [-0.4, -0.2) is 34.9 Å². The molecule has 1 N–H and O–H groups in total. The summed E-state index contributed by atoms with van der Waals surface area (Å²) in [5.74, 6) is 0.183. The number of carbonyl (C=O) groups excluding carboxylic acids is 1. The Morgan fingerprint density at radius 1 is 1.60 bits per heavy atom. The van der Waals surface area contributed by atoms with Gasteiger partial charge in [0.15, 0.2) is 5.13 Å². The van der Waals surface area contributed by atoms with E-state index >= 15 is 0 Å². The van der Waals surface area contributed by atoms with Crippen molar-refractivity contribution < 1.29 is 4.79 Å². The van der Waals surface area contributed by atoms with E-state index in [2.05, 4.69) is 10.3 Å². The van der Waals surface area contributed by atoms with Crippen molar-refractivity contribution in [1.82, 2.24) is 9.88 Å². The SMILES string of the molecule is CC(=O)N1CCC(Nc2nccs2)CC1. The van der Waals surface area contributed by atoms with Crippen LogP contribution in [0.3, 0.4) is 0 Å². The second-order valence-electron chi connectivity index (χ2n) is 3.76. The number of anilines is 1. The quantitative estimate of drug-likeness (QED) is 0.831. The highest BCUT2D eigenvalue weighted by molar-refractivity contribution is 7.13. The van der Waals surface area contributed by atoms with Crippen molar-refractivity contribution in [3.8, 4) is 0 Å². The standard InChI is InChI=1S/C10H15N3OS/c1-8(14)13-5-2-9(3-6-13)12-10-11-4-7-15-10/h4,7,9H,2-3,5-6H2,1H3,(H,11,12). The molecule has 1 aliphatic heterocycles. The third kappa shape index (κ3) is 2.68. The minimum Gasteiger partial charge on any atom is -0.359 e. The first kappa shape index (κ1) is 10.4. The van der Waals surface area contributed by atoms with Crippen LogP contribution in [-0.2, 0) is 4.79 Å². The lowest BCUT2D eigenvalue weighted by molar-refractivity contribution is -0.129. The fourth-order valence-corrected chi connectivity index (χ4v) is 2.42. The molecule has 0 saturated carbocycles. The van der Waals surface area contributed by atoms with Gasteiger partial charge in [-0.3, -0.25) is 4.79 Å². The molecule has 2 heterocycles. The Balaban J connectivity index is 1.81. The van der Waals surface area contributed by atoms with E-state index in [9.17, 15) is 4.79 Å².